The van der Waals surface area contributed by atoms with Crippen LogP contribution < -0.4 is 4.90 Å². The lowest BCUT2D eigenvalue weighted by Crippen LogP contribution is -2.21. The highest BCUT2D eigenvalue weighted by Crippen LogP contribution is 2.29. The first-order chi connectivity index (χ1) is 8.70. The van der Waals surface area contributed by atoms with Gasteiger partial charge in [0.15, 0.2) is 12.1 Å². The van der Waals surface area contributed by atoms with E-state index in [1.54, 1.807) is 0 Å². The lowest BCUT2D eigenvalue weighted by atomic mass is 10.0. The summed E-state index contributed by atoms with van der Waals surface area (Å²) >= 11 is 0. The van der Waals surface area contributed by atoms with Crippen molar-refractivity contribution in [1.82, 2.24) is 9.38 Å². The predicted octanol–water partition coefficient (Wildman–Crippen LogP) is 2.24. The number of carbonyl (C=O) groups is 1. The van der Waals surface area contributed by atoms with E-state index in [1.807, 2.05) is 28.8 Å². The van der Waals surface area contributed by atoms with Crippen molar-refractivity contribution in [2.24, 2.45) is 11.8 Å². The van der Waals surface area contributed by atoms with Crippen LogP contribution >= 0.6 is 0 Å². The molecule has 1 aliphatic heterocycles. The van der Waals surface area contributed by atoms with Gasteiger partial charge in [-0.05, 0) is 24.0 Å². The average Bonchev–Trinajstić information content (AvgIpc) is 2.90. The van der Waals surface area contributed by atoms with Gasteiger partial charge in [0.2, 0.25) is 0 Å². The Morgan fingerprint density at radius 2 is 2.00 bits per heavy atom. The fourth-order valence-electron chi connectivity index (χ4n) is 2.65. The van der Waals surface area contributed by atoms with E-state index in [0.29, 0.717) is 17.5 Å². The Morgan fingerprint density at radius 3 is 2.67 bits per heavy atom. The lowest BCUT2D eigenvalue weighted by molar-refractivity contribution is 0.111. The Labute approximate surface area is 106 Å². The van der Waals surface area contributed by atoms with Gasteiger partial charge >= 0.3 is 0 Å². The van der Waals surface area contributed by atoms with Crippen molar-refractivity contribution < 1.29 is 4.79 Å². The number of pyridine rings is 1. The van der Waals surface area contributed by atoms with Crippen LogP contribution in [0.3, 0.4) is 0 Å². The first kappa shape index (κ1) is 11.3. The van der Waals surface area contributed by atoms with Crippen LogP contribution in [0.5, 0.6) is 0 Å². The van der Waals surface area contributed by atoms with Crippen LogP contribution in [-0.2, 0) is 0 Å². The monoisotopic (exact) mass is 243 g/mol. The highest BCUT2D eigenvalue weighted by molar-refractivity contribution is 5.83. The summed E-state index contributed by atoms with van der Waals surface area (Å²) in [6.45, 7) is 6.46. The molecule has 0 bridgehead atoms. The number of aromatic nitrogens is 2. The molecule has 4 heteroatoms. The smallest absolute Gasteiger partial charge is 0.170 e. The molecule has 2 unspecified atom stereocenters. The molecule has 0 radical (unpaired) electrons. The molecule has 0 amide bonds. The predicted molar refractivity (Wildman–Crippen MR) is 71.1 cm³/mol. The lowest BCUT2D eigenvalue weighted by Gasteiger charge is -2.15. The SMILES string of the molecule is CC1CN(c2nc3ccccn3c2C=O)CC1C. The molecule has 1 aliphatic rings. The molecule has 2 aromatic heterocycles. The van der Waals surface area contributed by atoms with Crippen LogP contribution in [0.25, 0.3) is 5.65 Å². The molecule has 0 saturated carbocycles. The summed E-state index contributed by atoms with van der Waals surface area (Å²) in [6, 6.07) is 5.79. The molecule has 94 valence electrons. The highest BCUT2D eigenvalue weighted by Gasteiger charge is 2.29. The molecular weight excluding hydrogens is 226 g/mol. The summed E-state index contributed by atoms with van der Waals surface area (Å²) in [4.78, 5) is 18.2. The van der Waals surface area contributed by atoms with Gasteiger partial charge in [0.1, 0.15) is 11.3 Å². The van der Waals surface area contributed by atoms with Crippen molar-refractivity contribution in [3.63, 3.8) is 0 Å². The number of anilines is 1. The topological polar surface area (TPSA) is 37.6 Å². The molecule has 1 saturated heterocycles. The van der Waals surface area contributed by atoms with E-state index in [2.05, 4.69) is 23.7 Å². The molecular formula is C14H17N3O. The second-order valence-electron chi connectivity index (χ2n) is 5.23. The Kier molecular flexibility index (Phi) is 2.58. The first-order valence-electron chi connectivity index (χ1n) is 6.38. The molecule has 1 fully saturated rings. The third kappa shape index (κ3) is 1.60. The number of hydrogen-bond donors (Lipinski definition) is 0. The molecule has 2 atom stereocenters. The minimum atomic E-state index is 0.648. The van der Waals surface area contributed by atoms with Crippen molar-refractivity contribution in [3.8, 4) is 0 Å². The van der Waals surface area contributed by atoms with Gasteiger partial charge in [0.25, 0.3) is 0 Å². The van der Waals surface area contributed by atoms with Crippen LogP contribution in [0.15, 0.2) is 24.4 Å². The summed E-state index contributed by atoms with van der Waals surface area (Å²) < 4.78 is 1.86. The molecule has 4 nitrogen and oxygen atoms in total. The number of carbonyl (C=O) groups excluding carboxylic acids is 1. The standard InChI is InChI=1S/C14H17N3O/c1-10-7-16(8-11(10)2)14-12(9-18)17-6-4-3-5-13(17)15-14/h3-6,9-11H,7-8H2,1-2H3. The maximum absolute atomic E-state index is 11.3. The first-order valence-corrected chi connectivity index (χ1v) is 6.38. The van der Waals surface area contributed by atoms with Crippen LogP contribution in [0.4, 0.5) is 5.82 Å². The minimum Gasteiger partial charge on any atom is -0.354 e. The van der Waals surface area contributed by atoms with E-state index in [1.165, 1.54) is 0 Å². The quantitative estimate of drug-likeness (QED) is 0.759. The summed E-state index contributed by atoms with van der Waals surface area (Å²) in [5, 5.41) is 0. The van der Waals surface area contributed by atoms with Gasteiger partial charge in [-0.1, -0.05) is 19.9 Å². The minimum absolute atomic E-state index is 0.648. The van der Waals surface area contributed by atoms with E-state index < -0.39 is 0 Å². The summed E-state index contributed by atoms with van der Waals surface area (Å²) in [5.74, 6) is 2.12. The number of rotatable bonds is 2. The molecule has 0 spiro atoms. The van der Waals surface area contributed by atoms with Gasteiger partial charge in [0, 0.05) is 19.3 Å². The van der Waals surface area contributed by atoms with E-state index in [4.69, 9.17) is 0 Å². The van der Waals surface area contributed by atoms with Crippen molar-refractivity contribution in [2.45, 2.75) is 13.8 Å². The van der Waals surface area contributed by atoms with Gasteiger partial charge in [-0.3, -0.25) is 9.20 Å². The van der Waals surface area contributed by atoms with Crippen LogP contribution in [0.2, 0.25) is 0 Å². The van der Waals surface area contributed by atoms with E-state index in [0.717, 1.165) is 30.8 Å². The zero-order chi connectivity index (χ0) is 12.7. The molecule has 18 heavy (non-hydrogen) atoms. The van der Waals surface area contributed by atoms with E-state index in [9.17, 15) is 4.79 Å². The number of fused-ring (bicyclic) bond motifs is 1. The fraction of sp³-hybridized carbons (Fsp3) is 0.429. The third-order valence-corrected chi connectivity index (χ3v) is 3.95. The summed E-state index contributed by atoms with van der Waals surface area (Å²) in [7, 11) is 0. The third-order valence-electron chi connectivity index (χ3n) is 3.95. The van der Waals surface area contributed by atoms with Gasteiger partial charge in [0.05, 0.1) is 0 Å². The van der Waals surface area contributed by atoms with Crippen molar-refractivity contribution in [1.29, 1.82) is 0 Å². The Morgan fingerprint density at radius 1 is 1.28 bits per heavy atom. The number of imidazole rings is 1. The second-order valence-corrected chi connectivity index (χ2v) is 5.23. The van der Waals surface area contributed by atoms with Gasteiger partial charge < -0.3 is 4.90 Å². The zero-order valence-electron chi connectivity index (χ0n) is 10.7. The Balaban J connectivity index is 2.09. The highest BCUT2D eigenvalue weighted by atomic mass is 16.1. The molecule has 0 N–H and O–H groups in total. The summed E-state index contributed by atoms with van der Waals surface area (Å²) in [5.41, 5.74) is 1.49. The maximum atomic E-state index is 11.3. The Hall–Kier alpha value is -1.84. The van der Waals surface area contributed by atoms with Crippen LogP contribution in [0.1, 0.15) is 24.3 Å². The number of hydrogen-bond acceptors (Lipinski definition) is 3. The number of aldehydes is 1. The molecule has 0 aromatic carbocycles. The molecule has 3 rings (SSSR count). The van der Waals surface area contributed by atoms with Crippen LogP contribution in [0, 0.1) is 11.8 Å². The molecule has 0 aliphatic carbocycles. The van der Waals surface area contributed by atoms with Crippen molar-refractivity contribution in [2.75, 3.05) is 18.0 Å². The normalized spacial score (nSPS) is 23.8. The van der Waals surface area contributed by atoms with E-state index >= 15 is 0 Å². The van der Waals surface area contributed by atoms with Gasteiger partial charge in [-0.2, -0.15) is 0 Å². The van der Waals surface area contributed by atoms with Gasteiger partial charge in [-0.25, -0.2) is 4.98 Å². The van der Waals surface area contributed by atoms with Crippen molar-refractivity contribution in [3.05, 3.63) is 30.1 Å². The molecule has 2 aromatic rings. The van der Waals surface area contributed by atoms with Gasteiger partial charge in [-0.15, -0.1) is 0 Å². The second kappa shape index (κ2) is 4.12. The maximum Gasteiger partial charge on any atom is 0.170 e. The fourth-order valence-corrected chi connectivity index (χ4v) is 2.65. The Bertz CT molecular complexity index is 580. The summed E-state index contributed by atoms with van der Waals surface area (Å²) in [6.07, 6.45) is 2.79. The molecule has 3 heterocycles. The number of nitrogens with zero attached hydrogens (tertiary/aromatic N) is 3. The van der Waals surface area contributed by atoms with Crippen molar-refractivity contribution >= 4 is 17.8 Å². The zero-order valence-corrected chi connectivity index (χ0v) is 10.7. The largest absolute Gasteiger partial charge is 0.354 e. The van der Waals surface area contributed by atoms with Crippen LogP contribution in [-0.4, -0.2) is 28.8 Å². The van der Waals surface area contributed by atoms with E-state index in [-0.39, 0.29) is 0 Å². The average molecular weight is 243 g/mol.